The Morgan fingerprint density at radius 1 is 0.943 bits per heavy atom. The second-order valence-electron chi connectivity index (χ2n) is 8.03. The summed E-state index contributed by atoms with van der Waals surface area (Å²) < 4.78 is 5.83. The SMILES string of the molecule is CC(=O)NCCCc1ccc(-c2csc(NC(=O)c3ccccc3COc3ccccc3)n2)cc1. The minimum absolute atomic E-state index is 0.00391. The molecule has 0 aliphatic rings. The summed E-state index contributed by atoms with van der Waals surface area (Å²) in [5, 5.41) is 8.21. The number of aromatic nitrogens is 1. The molecule has 0 radical (unpaired) electrons. The van der Waals surface area contributed by atoms with Crippen molar-refractivity contribution in [1.29, 1.82) is 0 Å². The summed E-state index contributed by atoms with van der Waals surface area (Å²) in [6.07, 6.45) is 1.79. The number of ether oxygens (including phenoxy) is 1. The molecule has 0 aliphatic carbocycles. The number of carbonyl (C=O) groups is 2. The van der Waals surface area contributed by atoms with Crippen LogP contribution < -0.4 is 15.4 Å². The molecule has 7 heteroatoms. The lowest BCUT2D eigenvalue weighted by Crippen LogP contribution is -2.21. The van der Waals surface area contributed by atoms with Crippen LogP contribution >= 0.6 is 11.3 Å². The molecule has 1 heterocycles. The van der Waals surface area contributed by atoms with E-state index in [4.69, 9.17) is 4.74 Å². The van der Waals surface area contributed by atoms with Gasteiger partial charge in [0.2, 0.25) is 5.91 Å². The van der Waals surface area contributed by atoms with E-state index in [0.717, 1.165) is 35.4 Å². The summed E-state index contributed by atoms with van der Waals surface area (Å²) in [6.45, 7) is 2.50. The molecule has 4 rings (SSSR count). The van der Waals surface area contributed by atoms with E-state index in [-0.39, 0.29) is 11.8 Å². The minimum Gasteiger partial charge on any atom is -0.489 e. The molecule has 0 saturated carbocycles. The maximum absolute atomic E-state index is 13.0. The van der Waals surface area contributed by atoms with Crippen LogP contribution in [-0.2, 0) is 17.8 Å². The lowest BCUT2D eigenvalue weighted by Gasteiger charge is -2.10. The van der Waals surface area contributed by atoms with Gasteiger partial charge in [0.15, 0.2) is 5.13 Å². The fourth-order valence-electron chi connectivity index (χ4n) is 3.57. The largest absolute Gasteiger partial charge is 0.489 e. The molecule has 0 aliphatic heterocycles. The third-order valence-corrected chi connectivity index (χ3v) is 6.15. The Morgan fingerprint density at radius 3 is 2.46 bits per heavy atom. The van der Waals surface area contributed by atoms with E-state index in [1.807, 2.05) is 66.0 Å². The van der Waals surface area contributed by atoms with E-state index in [9.17, 15) is 9.59 Å². The van der Waals surface area contributed by atoms with Crippen LogP contribution in [0.2, 0.25) is 0 Å². The molecule has 0 unspecified atom stereocenters. The minimum atomic E-state index is -0.215. The monoisotopic (exact) mass is 485 g/mol. The zero-order chi connectivity index (χ0) is 24.5. The summed E-state index contributed by atoms with van der Waals surface area (Å²) in [5.74, 6) is 0.537. The van der Waals surface area contributed by atoms with Crippen molar-refractivity contribution in [2.75, 3.05) is 11.9 Å². The van der Waals surface area contributed by atoms with Crippen molar-refractivity contribution in [3.63, 3.8) is 0 Å². The van der Waals surface area contributed by atoms with E-state index in [1.54, 1.807) is 6.07 Å². The van der Waals surface area contributed by atoms with E-state index in [1.165, 1.54) is 23.8 Å². The molecule has 6 nitrogen and oxygen atoms in total. The van der Waals surface area contributed by atoms with Crippen molar-refractivity contribution in [2.45, 2.75) is 26.4 Å². The van der Waals surface area contributed by atoms with Gasteiger partial charge in [-0.3, -0.25) is 14.9 Å². The smallest absolute Gasteiger partial charge is 0.257 e. The first kappa shape index (κ1) is 24.2. The topological polar surface area (TPSA) is 80.3 Å². The number of benzene rings is 3. The third kappa shape index (κ3) is 7.01. The highest BCUT2D eigenvalue weighted by Crippen LogP contribution is 2.26. The van der Waals surface area contributed by atoms with Crippen LogP contribution in [0.3, 0.4) is 0 Å². The molecule has 2 N–H and O–H groups in total. The molecule has 0 spiro atoms. The van der Waals surface area contributed by atoms with Crippen LogP contribution in [0.15, 0.2) is 84.2 Å². The Labute approximate surface area is 209 Å². The van der Waals surface area contributed by atoms with Gasteiger partial charge in [0, 0.05) is 35.5 Å². The second-order valence-corrected chi connectivity index (χ2v) is 8.89. The number of anilines is 1. The van der Waals surface area contributed by atoms with Crippen LogP contribution in [-0.4, -0.2) is 23.3 Å². The lowest BCUT2D eigenvalue weighted by molar-refractivity contribution is -0.118. The molecule has 35 heavy (non-hydrogen) atoms. The van der Waals surface area contributed by atoms with Gasteiger partial charge in [0.05, 0.1) is 5.69 Å². The van der Waals surface area contributed by atoms with E-state index < -0.39 is 0 Å². The molecule has 2 amide bonds. The number of hydrogen-bond acceptors (Lipinski definition) is 5. The van der Waals surface area contributed by atoms with Gasteiger partial charge in [-0.05, 0) is 36.6 Å². The number of rotatable bonds is 10. The van der Waals surface area contributed by atoms with Crippen molar-refractivity contribution in [2.24, 2.45) is 0 Å². The number of carbonyl (C=O) groups excluding carboxylic acids is 2. The van der Waals surface area contributed by atoms with Crippen molar-refractivity contribution < 1.29 is 14.3 Å². The van der Waals surface area contributed by atoms with Gasteiger partial charge in [0.25, 0.3) is 5.91 Å². The van der Waals surface area contributed by atoms with Gasteiger partial charge >= 0.3 is 0 Å². The van der Waals surface area contributed by atoms with E-state index in [2.05, 4.69) is 27.8 Å². The summed E-state index contributed by atoms with van der Waals surface area (Å²) in [5.41, 5.74) is 4.38. The van der Waals surface area contributed by atoms with Crippen molar-refractivity contribution >= 4 is 28.3 Å². The quantitative estimate of drug-likeness (QED) is 0.282. The highest BCUT2D eigenvalue weighted by atomic mass is 32.1. The Morgan fingerprint density at radius 2 is 1.69 bits per heavy atom. The Hall–Kier alpha value is -3.97. The van der Waals surface area contributed by atoms with Crippen molar-refractivity contribution in [3.8, 4) is 17.0 Å². The number of hydrogen-bond donors (Lipinski definition) is 2. The van der Waals surface area contributed by atoms with Gasteiger partial charge in [0.1, 0.15) is 12.4 Å². The number of thiazole rings is 1. The first-order valence-corrected chi connectivity index (χ1v) is 12.3. The third-order valence-electron chi connectivity index (χ3n) is 5.39. The highest BCUT2D eigenvalue weighted by Gasteiger charge is 2.14. The zero-order valence-electron chi connectivity index (χ0n) is 19.5. The summed E-state index contributed by atoms with van der Waals surface area (Å²) in [6, 6.07) is 25.2. The first-order chi connectivity index (χ1) is 17.1. The molecule has 0 saturated heterocycles. The van der Waals surface area contributed by atoms with E-state index in [0.29, 0.717) is 23.8 Å². The first-order valence-electron chi connectivity index (χ1n) is 11.4. The Bertz CT molecular complexity index is 1270. The van der Waals surface area contributed by atoms with Crippen molar-refractivity contribution in [1.82, 2.24) is 10.3 Å². The molecule has 0 atom stereocenters. The van der Waals surface area contributed by atoms with Crippen LogP contribution in [0.1, 0.15) is 34.8 Å². The van der Waals surface area contributed by atoms with Gasteiger partial charge in [-0.1, -0.05) is 60.7 Å². The van der Waals surface area contributed by atoms with Gasteiger partial charge in [-0.25, -0.2) is 4.98 Å². The van der Waals surface area contributed by atoms with Gasteiger partial charge in [-0.15, -0.1) is 11.3 Å². The predicted molar refractivity (Wildman–Crippen MR) is 140 cm³/mol. The van der Waals surface area contributed by atoms with E-state index >= 15 is 0 Å². The summed E-state index contributed by atoms with van der Waals surface area (Å²) in [7, 11) is 0. The summed E-state index contributed by atoms with van der Waals surface area (Å²) >= 11 is 1.39. The second kappa shape index (κ2) is 11.9. The number of aryl methyl sites for hydroxylation is 1. The lowest BCUT2D eigenvalue weighted by atomic mass is 10.1. The predicted octanol–water partition coefficient (Wildman–Crippen LogP) is 5.71. The molecule has 4 aromatic rings. The molecule has 0 bridgehead atoms. The number of para-hydroxylation sites is 1. The molecular weight excluding hydrogens is 458 g/mol. The fraction of sp³-hybridized carbons (Fsp3) is 0.179. The normalized spacial score (nSPS) is 10.5. The standard InChI is InChI=1S/C28H27N3O3S/c1-20(32)29-17-7-8-21-13-15-22(16-14-21)26-19-35-28(30-26)31-27(33)25-12-6-5-9-23(25)18-34-24-10-3-2-4-11-24/h2-6,9-16,19H,7-8,17-18H2,1H3,(H,29,32)(H,30,31,33). The Balaban J connectivity index is 1.36. The maximum atomic E-state index is 13.0. The van der Waals surface area contributed by atoms with Crippen LogP contribution in [0.4, 0.5) is 5.13 Å². The van der Waals surface area contributed by atoms with Crippen molar-refractivity contribution in [3.05, 3.63) is 101 Å². The van der Waals surface area contributed by atoms with Crippen LogP contribution in [0.5, 0.6) is 5.75 Å². The molecular formula is C28H27N3O3S. The van der Waals surface area contributed by atoms with Crippen LogP contribution in [0.25, 0.3) is 11.3 Å². The number of nitrogens with zero attached hydrogens (tertiary/aromatic N) is 1. The number of amides is 2. The molecule has 0 fully saturated rings. The average Bonchev–Trinajstić information content (AvgIpc) is 3.35. The van der Waals surface area contributed by atoms with Crippen LogP contribution in [0, 0.1) is 0 Å². The molecule has 3 aromatic carbocycles. The van der Waals surface area contributed by atoms with Gasteiger partial charge in [-0.2, -0.15) is 0 Å². The number of nitrogens with one attached hydrogen (secondary N) is 2. The fourth-order valence-corrected chi connectivity index (χ4v) is 4.29. The highest BCUT2D eigenvalue weighted by molar-refractivity contribution is 7.14. The van der Waals surface area contributed by atoms with Gasteiger partial charge < -0.3 is 10.1 Å². The Kier molecular flexibility index (Phi) is 8.25. The molecule has 178 valence electrons. The zero-order valence-corrected chi connectivity index (χ0v) is 20.3. The summed E-state index contributed by atoms with van der Waals surface area (Å²) in [4.78, 5) is 28.5. The molecule has 1 aromatic heterocycles. The maximum Gasteiger partial charge on any atom is 0.257 e. The average molecular weight is 486 g/mol.